The maximum absolute atomic E-state index is 13.3. The largest absolute Gasteiger partial charge is 0.464 e. The predicted octanol–water partition coefficient (Wildman–Crippen LogP) is 2.77. The Labute approximate surface area is 81.2 Å². The Bertz CT molecular complexity index is 302. The van der Waals surface area contributed by atoms with Crippen LogP contribution in [0.3, 0.4) is 0 Å². The highest BCUT2D eigenvalue weighted by atomic mass is 35.5. The number of hydrogen-bond donors (Lipinski definition) is 0. The highest BCUT2D eigenvalue weighted by Crippen LogP contribution is 2.26. The van der Waals surface area contributed by atoms with Gasteiger partial charge in [0.15, 0.2) is 18.4 Å². The Morgan fingerprint density at radius 1 is 1.46 bits per heavy atom. The van der Waals surface area contributed by atoms with Crippen LogP contribution in [0, 0.1) is 12.7 Å². The SMILES string of the molecule is COCOc1ccc(Cl)c(C)c1F. The first-order chi connectivity index (χ1) is 6.16. The van der Waals surface area contributed by atoms with E-state index < -0.39 is 5.82 Å². The fourth-order valence-electron chi connectivity index (χ4n) is 0.871. The van der Waals surface area contributed by atoms with Crippen LogP contribution in [0.15, 0.2) is 12.1 Å². The zero-order valence-electron chi connectivity index (χ0n) is 7.43. The molecular weight excluding hydrogens is 195 g/mol. The quantitative estimate of drug-likeness (QED) is 0.705. The molecule has 72 valence electrons. The molecule has 4 heteroatoms. The summed E-state index contributed by atoms with van der Waals surface area (Å²) in [5, 5.41) is 0.391. The summed E-state index contributed by atoms with van der Waals surface area (Å²) in [7, 11) is 1.47. The molecule has 0 amide bonds. The van der Waals surface area contributed by atoms with Crippen LogP contribution in [-0.2, 0) is 4.74 Å². The number of rotatable bonds is 3. The Kier molecular flexibility index (Phi) is 3.51. The monoisotopic (exact) mass is 204 g/mol. The molecule has 1 rings (SSSR count). The Morgan fingerprint density at radius 2 is 2.15 bits per heavy atom. The minimum Gasteiger partial charge on any atom is -0.464 e. The van der Waals surface area contributed by atoms with Crippen molar-refractivity contribution in [3.8, 4) is 5.75 Å². The van der Waals surface area contributed by atoms with Crippen LogP contribution in [0.5, 0.6) is 5.75 Å². The van der Waals surface area contributed by atoms with Crippen LogP contribution >= 0.6 is 11.6 Å². The molecule has 0 bridgehead atoms. The third-order valence-electron chi connectivity index (χ3n) is 1.62. The van der Waals surface area contributed by atoms with Gasteiger partial charge in [-0.05, 0) is 19.1 Å². The molecule has 2 nitrogen and oxygen atoms in total. The van der Waals surface area contributed by atoms with E-state index in [1.54, 1.807) is 13.0 Å². The third-order valence-corrected chi connectivity index (χ3v) is 2.03. The minimum absolute atomic E-state index is 0.0258. The van der Waals surface area contributed by atoms with Gasteiger partial charge in [0.05, 0.1) is 0 Å². The van der Waals surface area contributed by atoms with Crippen LogP contribution in [-0.4, -0.2) is 13.9 Å². The lowest BCUT2D eigenvalue weighted by molar-refractivity contribution is 0.0482. The predicted molar refractivity (Wildman–Crippen MR) is 48.7 cm³/mol. The molecule has 0 saturated heterocycles. The van der Waals surface area contributed by atoms with Gasteiger partial charge in [-0.15, -0.1) is 0 Å². The normalized spacial score (nSPS) is 10.2. The van der Waals surface area contributed by atoms with Crippen molar-refractivity contribution in [3.63, 3.8) is 0 Å². The number of ether oxygens (including phenoxy) is 2. The van der Waals surface area contributed by atoms with Crippen LogP contribution in [0.1, 0.15) is 5.56 Å². The van der Waals surface area contributed by atoms with Gasteiger partial charge < -0.3 is 9.47 Å². The molecule has 0 aliphatic heterocycles. The Morgan fingerprint density at radius 3 is 2.77 bits per heavy atom. The molecule has 0 aromatic heterocycles. The van der Waals surface area contributed by atoms with Gasteiger partial charge in [0.1, 0.15) is 0 Å². The van der Waals surface area contributed by atoms with Gasteiger partial charge in [-0.3, -0.25) is 0 Å². The summed E-state index contributed by atoms with van der Waals surface area (Å²) >= 11 is 5.69. The van der Waals surface area contributed by atoms with Crippen LogP contribution in [0.4, 0.5) is 4.39 Å². The van der Waals surface area contributed by atoms with E-state index in [1.165, 1.54) is 13.2 Å². The first kappa shape index (κ1) is 10.3. The molecule has 1 aromatic rings. The maximum Gasteiger partial charge on any atom is 0.188 e. The molecule has 0 unspecified atom stereocenters. The van der Waals surface area contributed by atoms with Gasteiger partial charge in [0, 0.05) is 17.7 Å². The number of halogens is 2. The molecule has 1 aromatic carbocycles. The molecule has 0 aliphatic carbocycles. The lowest BCUT2D eigenvalue weighted by atomic mass is 10.2. The smallest absolute Gasteiger partial charge is 0.188 e. The number of hydrogen-bond acceptors (Lipinski definition) is 2. The van der Waals surface area contributed by atoms with Crippen molar-refractivity contribution in [2.24, 2.45) is 0 Å². The molecule has 0 radical (unpaired) electrons. The summed E-state index contributed by atoms with van der Waals surface area (Å²) in [6.07, 6.45) is 0. The highest BCUT2D eigenvalue weighted by molar-refractivity contribution is 6.31. The van der Waals surface area contributed by atoms with Gasteiger partial charge in [0.2, 0.25) is 0 Å². The molecule has 0 N–H and O–H groups in total. The fraction of sp³-hybridized carbons (Fsp3) is 0.333. The molecule has 0 heterocycles. The molecule has 13 heavy (non-hydrogen) atoms. The van der Waals surface area contributed by atoms with Crippen molar-refractivity contribution in [1.29, 1.82) is 0 Å². The first-order valence-corrected chi connectivity index (χ1v) is 4.11. The van der Waals surface area contributed by atoms with Crippen LogP contribution < -0.4 is 4.74 Å². The van der Waals surface area contributed by atoms with E-state index in [4.69, 9.17) is 16.3 Å². The van der Waals surface area contributed by atoms with E-state index in [-0.39, 0.29) is 12.5 Å². The zero-order chi connectivity index (χ0) is 9.84. The average molecular weight is 205 g/mol. The van der Waals surface area contributed by atoms with E-state index in [2.05, 4.69) is 4.74 Å². The lowest BCUT2D eigenvalue weighted by Crippen LogP contribution is -2.01. The topological polar surface area (TPSA) is 18.5 Å². The zero-order valence-corrected chi connectivity index (χ0v) is 8.19. The Balaban J connectivity index is 2.90. The fourth-order valence-corrected chi connectivity index (χ4v) is 1.02. The van der Waals surface area contributed by atoms with E-state index in [0.29, 0.717) is 10.6 Å². The van der Waals surface area contributed by atoms with Crippen LogP contribution in [0.25, 0.3) is 0 Å². The van der Waals surface area contributed by atoms with E-state index in [1.807, 2.05) is 0 Å². The van der Waals surface area contributed by atoms with Gasteiger partial charge in [-0.25, -0.2) is 4.39 Å². The summed E-state index contributed by atoms with van der Waals surface area (Å²) in [4.78, 5) is 0. The summed E-state index contributed by atoms with van der Waals surface area (Å²) in [6, 6.07) is 3.06. The highest BCUT2D eigenvalue weighted by Gasteiger charge is 2.08. The maximum atomic E-state index is 13.3. The van der Waals surface area contributed by atoms with Gasteiger partial charge in [-0.2, -0.15) is 0 Å². The second-order valence-electron chi connectivity index (χ2n) is 2.54. The molecule has 0 atom stereocenters. The summed E-state index contributed by atoms with van der Waals surface area (Å²) in [5.41, 5.74) is 0.385. The lowest BCUT2D eigenvalue weighted by Gasteiger charge is -2.07. The second-order valence-corrected chi connectivity index (χ2v) is 2.94. The molecule has 0 spiro atoms. The van der Waals surface area contributed by atoms with Crippen LogP contribution in [0.2, 0.25) is 5.02 Å². The summed E-state index contributed by atoms with van der Waals surface area (Å²) in [5.74, 6) is -0.284. The van der Waals surface area contributed by atoms with Gasteiger partial charge in [0.25, 0.3) is 0 Å². The summed E-state index contributed by atoms with van der Waals surface area (Å²) < 4.78 is 22.9. The minimum atomic E-state index is -0.440. The van der Waals surface area contributed by atoms with Gasteiger partial charge >= 0.3 is 0 Å². The van der Waals surface area contributed by atoms with Crippen molar-refractivity contribution in [1.82, 2.24) is 0 Å². The molecule has 0 saturated carbocycles. The van der Waals surface area contributed by atoms with Crippen molar-refractivity contribution in [2.45, 2.75) is 6.92 Å². The number of benzene rings is 1. The standard InChI is InChI=1S/C9H10ClFO2/c1-6-7(10)3-4-8(9(6)11)13-5-12-2/h3-4H,5H2,1-2H3. The molecule has 0 fully saturated rings. The van der Waals surface area contributed by atoms with E-state index >= 15 is 0 Å². The second kappa shape index (κ2) is 4.44. The first-order valence-electron chi connectivity index (χ1n) is 3.73. The molecular formula is C9H10ClFO2. The Hall–Kier alpha value is -0.800. The van der Waals surface area contributed by atoms with E-state index in [9.17, 15) is 4.39 Å². The van der Waals surface area contributed by atoms with Crippen molar-refractivity contribution < 1.29 is 13.9 Å². The van der Waals surface area contributed by atoms with Crippen molar-refractivity contribution >= 4 is 11.6 Å². The molecule has 0 aliphatic rings. The van der Waals surface area contributed by atoms with Crippen molar-refractivity contribution in [2.75, 3.05) is 13.9 Å². The summed E-state index contributed by atoms with van der Waals surface area (Å²) in [6.45, 7) is 1.62. The average Bonchev–Trinajstić information content (AvgIpc) is 2.13. The number of methoxy groups -OCH3 is 1. The van der Waals surface area contributed by atoms with Gasteiger partial charge in [-0.1, -0.05) is 11.6 Å². The van der Waals surface area contributed by atoms with E-state index in [0.717, 1.165) is 0 Å². The third kappa shape index (κ3) is 2.32. The van der Waals surface area contributed by atoms with Crippen molar-refractivity contribution in [3.05, 3.63) is 28.5 Å².